The van der Waals surface area contributed by atoms with Gasteiger partial charge in [-0.3, -0.25) is 10.1 Å². The van der Waals surface area contributed by atoms with Crippen molar-refractivity contribution in [3.63, 3.8) is 0 Å². The summed E-state index contributed by atoms with van der Waals surface area (Å²) in [6, 6.07) is 7.77. The number of rotatable bonds is 8. The van der Waals surface area contributed by atoms with E-state index in [9.17, 15) is 4.79 Å². The summed E-state index contributed by atoms with van der Waals surface area (Å²) in [6.45, 7) is 6.79. The number of methoxy groups -OCH3 is 1. The van der Waals surface area contributed by atoms with Crippen molar-refractivity contribution in [3.05, 3.63) is 29.8 Å². The van der Waals surface area contributed by atoms with Gasteiger partial charge in [0.1, 0.15) is 5.75 Å². The number of carbonyl (C=O) groups is 1. The average Bonchev–Trinajstić information content (AvgIpc) is 2.47. The lowest BCUT2D eigenvalue weighted by Gasteiger charge is -2.20. The van der Waals surface area contributed by atoms with Crippen LogP contribution in [0.2, 0.25) is 0 Å². The summed E-state index contributed by atoms with van der Waals surface area (Å²) < 4.78 is 5.22. The third kappa shape index (κ3) is 5.21. The Morgan fingerprint density at radius 2 is 2.10 bits per heavy atom. The molecule has 2 N–H and O–H groups in total. The molecule has 0 saturated heterocycles. The molecule has 20 heavy (non-hydrogen) atoms. The Balaban J connectivity index is 2.51. The predicted octanol–water partition coefficient (Wildman–Crippen LogP) is 2.65. The van der Waals surface area contributed by atoms with Crippen LogP contribution in [0.4, 0.5) is 0 Å². The minimum atomic E-state index is -0.215. The first-order valence-corrected chi connectivity index (χ1v) is 7.26. The van der Waals surface area contributed by atoms with Crippen LogP contribution in [0.5, 0.6) is 5.75 Å². The highest BCUT2D eigenvalue weighted by Gasteiger charge is 2.15. The number of hydrogen-bond donors (Lipinski definition) is 2. The van der Waals surface area contributed by atoms with Crippen molar-refractivity contribution in [2.75, 3.05) is 13.7 Å². The highest BCUT2D eigenvalue weighted by molar-refractivity contribution is 5.81. The molecule has 1 rings (SSSR count). The summed E-state index contributed by atoms with van der Waals surface area (Å²) in [5, 5.41) is 6.24. The monoisotopic (exact) mass is 278 g/mol. The molecule has 112 valence electrons. The number of hydrogen-bond acceptors (Lipinski definition) is 3. The molecule has 2 atom stereocenters. The minimum Gasteiger partial charge on any atom is -0.497 e. The summed E-state index contributed by atoms with van der Waals surface area (Å²) in [5.74, 6) is 0.879. The molecular weight excluding hydrogens is 252 g/mol. The van der Waals surface area contributed by atoms with Gasteiger partial charge in [-0.25, -0.2) is 0 Å². The van der Waals surface area contributed by atoms with E-state index < -0.39 is 0 Å². The second kappa shape index (κ2) is 8.59. The van der Waals surface area contributed by atoms with Crippen LogP contribution in [0.15, 0.2) is 24.3 Å². The van der Waals surface area contributed by atoms with E-state index in [-0.39, 0.29) is 18.0 Å². The van der Waals surface area contributed by atoms with E-state index in [1.54, 1.807) is 7.11 Å². The van der Waals surface area contributed by atoms with Crippen LogP contribution in [-0.2, 0) is 4.79 Å². The molecule has 4 nitrogen and oxygen atoms in total. The van der Waals surface area contributed by atoms with Gasteiger partial charge < -0.3 is 10.1 Å². The maximum absolute atomic E-state index is 11.9. The Bertz CT molecular complexity index is 421. The van der Waals surface area contributed by atoms with Crippen molar-refractivity contribution in [1.82, 2.24) is 10.6 Å². The van der Waals surface area contributed by atoms with Crippen LogP contribution in [0.3, 0.4) is 0 Å². The van der Waals surface area contributed by atoms with Crippen molar-refractivity contribution in [2.24, 2.45) is 0 Å². The summed E-state index contributed by atoms with van der Waals surface area (Å²) in [5.41, 5.74) is 1.11. The van der Waals surface area contributed by atoms with Gasteiger partial charge in [0.05, 0.1) is 13.2 Å². The molecule has 1 aromatic rings. The zero-order valence-electron chi connectivity index (χ0n) is 12.9. The minimum absolute atomic E-state index is 0.0493. The van der Waals surface area contributed by atoms with Crippen molar-refractivity contribution in [3.8, 4) is 5.75 Å². The quantitative estimate of drug-likeness (QED) is 0.719. The second-order valence-electron chi connectivity index (χ2n) is 5.03. The van der Waals surface area contributed by atoms with Crippen LogP contribution in [0, 0.1) is 0 Å². The standard InChI is InChI=1S/C16H26N2O2/c1-5-6-10-17-16(19)13(3)18-12(2)14-8-7-9-15(11-14)20-4/h7-9,11-13,18H,5-6,10H2,1-4H3,(H,17,19)/t12-,13?/m1/s1. The van der Waals surface area contributed by atoms with Gasteiger partial charge in [-0.2, -0.15) is 0 Å². The first-order valence-electron chi connectivity index (χ1n) is 7.26. The molecule has 0 heterocycles. The Hall–Kier alpha value is -1.55. The fourth-order valence-corrected chi connectivity index (χ4v) is 2.00. The summed E-state index contributed by atoms with van der Waals surface area (Å²) in [6.07, 6.45) is 2.10. The molecule has 0 aliphatic rings. The fourth-order valence-electron chi connectivity index (χ4n) is 2.00. The van der Waals surface area contributed by atoms with Gasteiger partial charge in [-0.1, -0.05) is 25.5 Å². The molecule has 0 aromatic heterocycles. The van der Waals surface area contributed by atoms with Gasteiger partial charge in [-0.05, 0) is 38.0 Å². The van der Waals surface area contributed by atoms with Gasteiger partial charge >= 0.3 is 0 Å². The van der Waals surface area contributed by atoms with Gasteiger partial charge in [0.25, 0.3) is 0 Å². The summed E-state index contributed by atoms with van der Waals surface area (Å²) in [4.78, 5) is 11.9. The zero-order chi connectivity index (χ0) is 15.0. The van der Waals surface area contributed by atoms with E-state index in [1.165, 1.54) is 0 Å². The average molecular weight is 278 g/mol. The number of unbranched alkanes of at least 4 members (excludes halogenated alkanes) is 1. The van der Waals surface area contributed by atoms with Crippen molar-refractivity contribution < 1.29 is 9.53 Å². The maximum Gasteiger partial charge on any atom is 0.236 e. The molecule has 1 amide bonds. The normalized spacial score (nSPS) is 13.6. The SMILES string of the molecule is CCCCNC(=O)C(C)N[C@H](C)c1cccc(OC)c1. The summed E-state index contributed by atoms with van der Waals surface area (Å²) >= 11 is 0. The molecule has 0 radical (unpaired) electrons. The third-order valence-corrected chi connectivity index (χ3v) is 3.32. The molecular formula is C16H26N2O2. The molecule has 1 unspecified atom stereocenters. The molecule has 0 spiro atoms. The molecule has 0 aliphatic heterocycles. The molecule has 1 aromatic carbocycles. The first kappa shape index (κ1) is 16.5. The van der Waals surface area contributed by atoms with Crippen LogP contribution in [0.1, 0.15) is 45.2 Å². The number of amides is 1. The molecule has 4 heteroatoms. The third-order valence-electron chi connectivity index (χ3n) is 3.32. The van der Waals surface area contributed by atoms with Gasteiger partial charge in [-0.15, -0.1) is 0 Å². The van der Waals surface area contributed by atoms with E-state index in [0.717, 1.165) is 30.7 Å². The lowest BCUT2D eigenvalue weighted by molar-refractivity contribution is -0.122. The second-order valence-corrected chi connectivity index (χ2v) is 5.03. The van der Waals surface area contributed by atoms with E-state index in [1.807, 2.05) is 38.1 Å². The van der Waals surface area contributed by atoms with Crippen LogP contribution >= 0.6 is 0 Å². The van der Waals surface area contributed by atoms with E-state index >= 15 is 0 Å². The molecule has 0 saturated carbocycles. The fraction of sp³-hybridized carbons (Fsp3) is 0.562. The topological polar surface area (TPSA) is 50.4 Å². The van der Waals surface area contributed by atoms with Crippen molar-refractivity contribution >= 4 is 5.91 Å². The number of nitrogens with one attached hydrogen (secondary N) is 2. The van der Waals surface area contributed by atoms with Gasteiger partial charge in [0.15, 0.2) is 0 Å². The highest BCUT2D eigenvalue weighted by atomic mass is 16.5. The van der Waals surface area contributed by atoms with E-state index in [2.05, 4.69) is 17.6 Å². The van der Waals surface area contributed by atoms with Crippen molar-refractivity contribution in [2.45, 2.75) is 45.7 Å². The Labute approximate surface area is 121 Å². The zero-order valence-corrected chi connectivity index (χ0v) is 12.9. The lowest BCUT2D eigenvalue weighted by atomic mass is 10.1. The molecule has 0 fully saturated rings. The predicted molar refractivity (Wildman–Crippen MR) is 81.9 cm³/mol. The maximum atomic E-state index is 11.9. The Morgan fingerprint density at radius 3 is 2.75 bits per heavy atom. The lowest BCUT2D eigenvalue weighted by Crippen LogP contribution is -2.43. The largest absolute Gasteiger partial charge is 0.497 e. The number of benzene rings is 1. The van der Waals surface area contributed by atoms with Crippen LogP contribution in [-0.4, -0.2) is 25.6 Å². The van der Waals surface area contributed by atoms with E-state index in [0.29, 0.717) is 0 Å². The number of ether oxygens (including phenoxy) is 1. The highest BCUT2D eigenvalue weighted by Crippen LogP contribution is 2.19. The first-order chi connectivity index (χ1) is 9.58. The Morgan fingerprint density at radius 1 is 1.35 bits per heavy atom. The summed E-state index contributed by atoms with van der Waals surface area (Å²) in [7, 11) is 1.65. The molecule has 0 bridgehead atoms. The van der Waals surface area contributed by atoms with Gasteiger partial charge in [0.2, 0.25) is 5.91 Å². The number of carbonyl (C=O) groups excluding carboxylic acids is 1. The Kier molecular flexibility index (Phi) is 7.09. The van der Waals surface area contributed by atoms with Crippen molar-refractivity contribution in [1.29, 1.82) is 0 Å². The molecule has 0 aliphatic carbocycles. The van der Waals surface area contributed by atoms with Gasteiger partial charge in [0, 0.05) is 12.6 Å². The smallest absolute Gasteiger partial charge is 0.236 e. The van der Waals surface area contributed by atoms with E-state index in [4.69, 9.17) is 4.74 Å². The van der Waals surface area contributed by atoms with Crippen LogP contribution < -0.4 is 15.4 Å². The van der Waals surface area contributed by atoms with Crippen LogP contribution in [0.25, 0.3) is 0 Å².